The van der Waals surface area contributed by atoms with Crippen molar-refractivity contribution in [3.8, 4) is 0 Å². The highest BCUT2D eigenvalue weighted by Crippen LogP contribution is 2.32. The van der Waals surface area contributed by atoms with E-state index in [-0.39, 0.29) is 6.61 Å². The van der Waals surface area contributed by atoms with E-state index in [9.17, 15) is 5.11 Å². The molecule has 0 saturated carbocycles. The SMILES string of the molecule is OC/C(=C\c1cccc2c1oc1ccccc12)c1ccccc1. The number of aliphatic hydroxyl groups excluding tert-OH is 1. The van der Waals surface area contributed by atoms with Crippen molar-refractivity contribution < 1.29 is 9.52 Å². The highest BCUT2D eigenvalue weighted by Gasteiger charge is 2.10. The Morgan fingerprint density at radius 1 is 0.826 bits per heavy atom. The number of furan rings is 1. The summed E-state index contributed by atoms with van der Waals surface area (Å²) in [6.07, 6.45) is 2.00. The third-order valence-corrected chi connectivity index (χ3v) is 4.08. The van der Waals surface area contributed by atoms with Gasteiger partial charge < -0.3 is 9.52 Å². The Bertz CT molecular complexity index is 994. The molecule has 4 aromatic rings. The molecule has 0 bridgehead atoms. The van der Waals surface area contributed by atoms with E-state index in [1.807, 2.05) is 66.7 Å². The summed E-state index contributed by atoms with van der Waals surface area (Å²) in [5.74, 6) is 0. The molecule has 1 heterocycles. The van der Waals surface area contributed by atoms with Crippen LogP contribution < -0.4 is 0 Å². The van der Waals surface area contributed by atoms with Crippen LogP contribution >= 0.6 is 0 Å². The zero-order chi connectivity index (χ0) is 15.6. The van der Waals surface area contributed by atoms with Gasteiger partial charge in [0.2, 0.25) is 0 Å². The largest absolute Gasteiger partial charge is 0.455 e. The second-order valence-electron chi connectivity index (χ2n) is 5.52. The lowest BCUT2D eigenvalue weighted by Gasteiger charge is -2.05. The highest BCUT2D eigenvalue weighted by molar-refractivity contribution is 6.08. The third kappa shape index (κ3) is 2.43. The Labute approximate surface area is 134 Å². The fourth-order valence-electron chi connectivity index (χ4n) is 2.94. The van der Waals surface area contributed by atoms with Crippen molar-refractivity contribution in [2.75, 3.05) is 6.61 Å². The minimum absolute atomic E-state index is 0.0133. The van der Waals surface area contributed by atoms with E-state index in [1.54, 1.807) is 0 Å². The summed E-state index contributed by atoms with van der Waals surface area (Å²) in [4.78, 5) is 0. The number of benzene rings is 3. The average Bonchev–Trinajstić information content (AvgIpc) is 3.00. The maximum absolute atomic E-state index is 9.75. The minimum atomic E-state index is -0.0133. The van der Waals surface area contributed by atoms with E-state index in [1.165, 1.54) is 0 Å². The van der Waals surface area contributed by atoms with Gasteiger partial charge >= 0.3 is 0 Å². The van der Waals surface area contributed by atoms with Gasteiger partial charge in [0.25, 0.3) is 0 Å². The number of para-hydroxylation sites is 2. The van der Waals surface area contributed by atoms with Crippen LogP contribution in [0.3, 0.4) is 0 Å². The molecule has 0 aliphatic heterocycles. The Hall–Kier alpha value is -2.84. The van der Waals surface area contributed by atoms with Gasteiger partial charge in [-0.25, -0.2) is 0 Å². The molecular weight excluding hydrogens is 284 g/mol. The number of hydrogen-bond donors (Lipinski definition) is 1. The summed E-state index contributed by atoms with van der Waals surface area (Å²) in [5.41, 5.74) is 4.61. The van der Waals surface area contributed by atoms with Crippen LogP contribution in [0, 0.1) is 0 Å². The van der Waals surface area contributed by atoms with Crippen LogP contribution in [0.1, 0.15) is 11.1 Å². The predicted octanol–water partition coefficient (Wildman–Crippen LogP) is 5.12. The van der Waals surface area contributed by atoms with Crippen LogP contribution in [0.5, 0.6) is 0 Å². The number of rotatable bonds is 3. The molecule has 2 nitrogen and oxygen atoms in total. The minimum Gasteiger partial charge on any atom is -0.455 e. The Morgan fingerprint density at radius 2 is 1.57 bits per heavy atom. The van der Waals surface area contributed by atoms with Crippen molar-refractivity contribution in [1.82, 2.24) is 0 Å². The van der Waals surface area contributed by atoms with Crippen molar-refractivity contribution in [2.45, 2.75) is 0 Å². The van der Waals surface area contributed by atoms with Crippen LogP contribution in [0.15, 0.2) is 77.2 Å². The number of hydrogen-bond acceptors (Lipinski definition) is 2. The fraction of sp³-hybridized carbons (Fsp3) is 0.0476. The molecule has 0 radical (unpaired) electrons. The third-order valence-electron chi connectivity index (χ3n) is 4.08. The van der Waals surface area contributed by atoms with Crippen molar-refractivity contribution in [3.63, 3.8) is 0 Å². The van der Waals surface area contributed by atoms with E-state index >= 15 is 0 Å². The molecule has 23 heavy (non-hydrogen) atoms. The van der Waals surface area contributed by atoms with E-state index in [4.69, 9.17) is 4.42 Å². The lowest BCUT2D eigenvalue weighted by Crippen LogP contribution is -1.90. The Morgan fingerprint density at radius 3 is 2.39 bits per heavy atom. The van der Waals surface area contributed by atoms with Gasteiger partial charge in [0.1, 0.15) is 11.2 Å². The maximum Gasteiger partial charge on any atom is 0.142 e. The summed E-state index contributed by atoms with van der Waals surface area (Å²) < 4.78 is 6.04. The first-order valence-electron chi connectivity index (χ1n) is 7.64. The molecule has 2 heteroatoms. The second-order valence-corrected chi connectivity index (χ2v) is 5.52. The van der Waals surface area contributed by atoms with Crippen LogP contribution in [0.2, 0.25) is 0 Å². The molecule has 0 amide bonds. The molecule has 0 unspecified atom stereocenters. The van der Waals surface area contributed by atoms with Gasteiger partial charge in [0.15, 0.2) is 0 Å². The van der Waals surface area contributed by atoms with Gasteiger partial charge in [-0.3, -0.25) is 0 Å². The van der Waals surface area contributed by atoms with Crippen molar-refractivity contribution in [1.29, 1.82) is 0 Å². The molecule has 3 aromatic carbocycles. The van der Waals surface area contributed by atoms with Gasteiger partial charge in [-0.1, -0.05) is 66.7 Å². The van der Waals surface area contributed by atoms with Crippen molar-refractivity contribution in [2.24, 2.45) is 0 Å². The van der Waals surface area contributed by atoms with Crippen LogP contribution in [0.4, 0.5) is 0 Å². The predicted molar refractivity (Wildman–Crippen MR) is 95.1 cm³/mol. The van der Waals surface area contributed by atoms with E-state index in [2.05, 4.69) is 12.1 Å². The van der Waals surface area contributed by atoms with Crippen molar-refractivity contribution in [3.05, 3.63) is 83.9 Å². The smallest absolute Gasteiger partial charge is 0.142 e. The molecule has 0 spiro atoms. The molecule has 0 aliphatic carbocycles. The number of fused-ring (bicyclic) bond motifs is 3. The quantitative estimate of drug-likeness (QED) is 0.533. The second kappa shape index (κ2) is 5.75. The van der Waals surface area contributed by atoms with Gasteiger partial charge in [0.05, 0.1) is 6.61 Å². The van der Waals surface area contributed by atoms with E-state index in [0.717, 1.165) is 38.6 Å². The summed E-state index contributed by atoms with van der Waals surface area (Å²) in [6, 6.07) is 24.1. The van der Waals surface area contributed by atoms with Crippen LogP contribution in [0.25, 0.3) is 33.6 Å². The first kappa shape index (κ1) is 13.8. The molecule has 0 aliphatic rings. The van der Waals surface area contributed by atoms with Gasteiger partial charge in [-0.05, 0) is 23.3 Å². The lowest BCUT2D eigenvalue weighted by atomic mass is 10.0. The summed E-state index contributed by atoms with van der Waals surface area (Å²) in [6.45, 7) is -0.0133. The van der Waals surface area contributed by atoms with Gasteiger partial charge in [-0.15, -0.1) is 0 Å². The summed E-state index contributed by atoms with van der Waals surface area (Å²) in [5, 5.41) is 12.0. The summed E-state index contributed by atoms with van der Waals surface area (Å²) >= 11 is 0. The average molecular weight is 300 g/mol. The summed E-state index contributed by atoms with van der Waals surface area (Å²) in [7, 11) is 0. The van der Waals surface area contributed by atoms with Crippen LogP contribution in [-0.4, -0.2) is 11.7 Å². The van der Waals surface area contributed by atoms with Gasteiger partial charge in [0, 0.05) is 16.3 Å². The fourth-order valence-corrected chi connectivity index (χ4v) is 2.94. The standard InChI is InChI=1S/C21H16O2/c22-14-17(15-7-2-1-3-8-15)13-16-9-6-11-19-18-10-4-5-12-20(18)23-21(16)19/h1-13,22H,14H2/b17-13+. The first-order valence-corrected chi connectivity index (χ1v) is 7.64. The molecular formula is C21H16O2. The normalized spacial score (nSPS) is 12.1. The van der Waals surface area contributed by atoms with Crippen molar-refractivity contribution >= 4 is 33.6 Å². The van der Waals surface area contributed by atoms with E-state index < -0.39 is 0 Å². The molecule has 4 rings (SSSR count). The highest BCUT2D eigenvalue weighted by atomic mass is 16.3. The Balaban J connectivity index is 1.93. The molecule has 0 fully saturated rings. The van der Waals surface area contributed by atoms with Crippen LogP contribution in [-0.2, 0) is 0 Å². The first-order chi connectivity index (χ1) is 11.4. The molecule has 1 aromatic heterocycles. The molecule has 112 valence electrons. The number of aliphatic hydroxyl groups is 1. The van der Waals surface area contributed by atoms with Gasteiger partial charge in [-0.2, -0.15) is 0 Å². The zero-order valence-corrected chi connectivity index (χ0v) is 12.6. The lowest BCUT2D eigenvalue weighted by molar-refractivity contribution is 0.351. The zero-order valence-electron chi connectivity index (χ0n) is 12.6. The maximum atomic E-state index is 9.75. The molecule has 1 N–H and O–H groups in total. The molecule has 0 saturated heterocycles. The monoisotopic (exact) mass is 300 g/mol. The van der Waals surface area contributed by atoms with E-state index in [0.29, 0.717) is 0 Å². The molecule has 0 atom stereocenters. The Kier molecular flexibility index (Phi) is 3.45. The topological polar surface area (TPSA) is 33.4 Å².